The third-order valence-electron chi connectivity index (χ3n) is 1.65. The third kappa shape index (κ3) is 3.19. The Morgan fingerprint density at radius 2 is 2.00 bits per heavy atom. The molecule has 0 heterocycles. The smallest absolute Gasteiger partial charge is 0.255 e. The molecule has 0 radical (unpaired) electrons. The molecule has 0 bridgehead atoms. The summed E-state index contributed by atoms with van der Waals surface area (Å²) in [4.78, 5) is 11.2. The van der Waals surface area contributed by atoms with Crippen molar-refractivity contribution in [1.29, 1.82) is 0 Å². The Labute approximate surface area is 96.8 Å². The maximum atomic E-state index is 13.1. The molecule has 0 spiro atoms. The van der Waals surface area contributed by atoms with Crippen molar-refractivity contribution in [2.45, 2.75) is 6.43 Å². The molecule has 0 aliphatic carbocycles. The Bertz CT molecular complexity index is 411. The van der Waals surface area contributed by atoms with E-state index in [1.807, 2.05) is 0 Å². The number of benzene rings is 1. The van der Waals surface area contributed by atoms with Crippen LogP contribution in [0.3, 0.4) is 0 Å². The number of alkyl halides is 2. The van der Waals surface area contributed by atoms with Crippen LogP contribution in [-0.2, 0) is 0 Å². The van der Waals surface area contributed by atoms with Gasteiger partial charge < -0.3 is 5.32 Å². The van der Waals surface area contributed by atoms with E-state index >= 15 is 0 Å². The van der Waals surface area contributed by atoms with Crippen molar-refractivity contribution >= 4 is 21.8 Å². The molecule has 1 N–H and O–H groups in total. The highest BCUT2D eigenvalue weighted by molar-refractivity contribution is 9.10. The minimum Gasteiger partial charge on any atom is -0.346 e. The fourth-order valence-electron chi connectivity index (χ4n) is 0.986. The average molecular weight is 300 g/mol. The summed E-state index contributed by atoms with van der Waals surface area (Å²) in [5.41, 5.74) is -0.618. The van der Waals surface area contributed by atoms with Gasteiger partial charge in [0.15, 0.2) is 11.6 Å². The van der Waals surface area contributed by atoms with E-state index in [4.69, 9.17) is 0 Å². The summed E-state index contributed by atoms with van der Waals surface area (Å²) in [5, 5.41) is 1.78. The lowest BCUT2D eigenvalue weighted by Crippen LogP contribution is -2.29. The lowest BCUT2D eigenvalue weighted by Gasteiger charge is -2.06. The van der Waals surface area contributed by atoms with Crippen LogP contribution in [0.5, 0.6) is 0 Å². The number of nitrogens with one attached hydrogen (secondary N) is 1. The first-order chi connectivity index (χ1) is 7.41. The maximum Gasteiger partial charge on any atom is 0.255 e. The summed E-state index contributed by atoms with van der Waals surface area (Å²) in [6, 6.07) is 1.85. The Morgan fingerprint density at radius 3 is 2.56 bits per heavy atom. The first kappa shape index (κ1) is 13.0. The highest BCUT2D eigenvalue weighted by Gasteiger charge is 2.17. The fraction of sp³-hybridized carbons (Fsp3) is 0.222. The average Bonchev–Trinajstić information content (AvgIpc) is 2.19. The summed E-state index contributed by atoms with van der Waals surface area (Å²) in [6.45, 7) is -0.910. The Kier molecular flexibility index (Phi) is 4.28. The predicted molar refractivity (Wildman–Crippen MR) is 52.4 cm³/mol. The molecule has 0 saturated heterocycles. The van der Waals surface area contributed by atoms with Gasteiger partial charge in [0, 0.05) is 4.47 Å². The fourth-order valence-corrected chi connectivity index (χ4v) is 1.42. The van der Waals surface area contributed by atoms with Gasteiger partial charge in [0.25, 0.3) is 12.3 Å². The van der Waals surface area contributed by atoms with Crippen molar-refractivity contribution in [2.24, 2.45) is 0 Å². The second-order valence-corrected chi connectivity index (χ2v) is 3.77. The SMILES string of the molecule is O=C(NCC(F)F)c1cc(Br)cc(F)c1F. The molecule has 1 amide bonds. The largest absolute Gasteiger partial charge is 0.346 e. The third-order valence-corrected chi connectivity index (χ3v) is 2.11. The minimum atomic E-state index is -2.75. The minimum absolute atomic E-state index is 0.147. The number of halogens is 5. The lowest BCUT2D eigenvalue weighted by atomic mass is 10.2. The normalized spacial score (nSPS) is 10.6. The van der Waals surface area contributed by atoms with Crippen LogP contribution in [-0.4, -0.2) is 18.9 Å². The summed E-state index contributed by atoms with van der Waals surface area (Å²) in [5.74, 6) is -3.68. The monoisotopic (exact) mass is 299 g/mol. The number of rotatable bonds is 3. The van der Waals surface area contributed by atoms with Gasteiger partial charge in [0.05, 0.1) is 12.1 Å². The van der Waals surface area contributed by atoms with Gasteiger partial charge in [-0.3, -0.25) is 4.79 Å². The molecule has 1 aromatic carbocycles. The lowest BCUT2D eigenvalue weighted by molar-refractivity contribution is 0.0886. The zero-order chi connectivity index (χ0) is 12.3. The zero-order valence-corrected chi connectivity index (χ0v) is 9.32. The van der Waals surface area contributed by atoms with Crippen LogP contribution in [0.2, 0.25) is 0 Å². The van der Waals surface area contributed by atoms with Crippen LogP contribution in [0.25, 0.3) is 0 Å². The standard InChI is InChI=1S/C9H6BrF4NO/c10-4-1-5(8(14)6(11)2-4)9(16)15-3-7(12)13/h1-2,7H,3H2,(H,15,16). The molecule has 1 rings (SSSR count). The Morgan fingerprint density at radius 1 is 1.38 bits per heavy atom. The van der Waals surface area contributed by atoms with Crippen LogP contribution in [0.15, 0.2) is 16.6 Å². The molecule has 0 saturated carbocycles. The van der Waals surface area contributed by atoms with Crippen molar-refractivity contribution in [3.05, 3.63) is 33.8 Å². The van der Waals surface area contributed by atoms with Gasteiger partial charge in [-0.05, 0) is 12.1 Å². The molecule has 0 unspecified atom stereocenters. The van der Waals surface area contributed by atoms with Crippen molar-refractivity contribution in [1.82, 2.24) is 5.32 Å². The van der Waals surface area contributed by atoms with E-state index in [0.29, 0.717) is 0 Å². The predicted octanol–water partition coefficient (Wildman–Crippen LogP) is 2.72. The van der Waals surface area contributed by atoms with Crippen LogP contribution in [0.4, 0.5) is 17.6 Å². The quantitative estimate of drug-likeness (QED) is 0.675. The number of hydrogen-bond acceptors (Lipinski definition) is 1. The van der Waals surface area contributed by atoms with Gasteiger partial charge in [0.2, 0.25) is 0 Å². The molecule has 0 aliphatic rings. The highest BCUT2D eigenvalue weighted by Crippen LogP contribution is 2.19. The van der Waals surface area contributed by atoms with Crippen molar-refractivity contribution in [3.63, 3.8) is 0 Å². The van der Waals surface area contributed by atoms with Crippen molar-refractivity contribution in [3.8, 4) is 0 Å². The zero-order valence-electron chi connectivity index (χ0n) is 7.74. The first-order valence-electron chi connectivity index (χ1n) is 4.12. The molecule has 16 heavy (non-hydrogen) atoms. The second-order valence-electron chi connectivity index (χ2n) is 2.85. The van der Waals surface area contributed by atoms with Gasteiger partial charge >= 0.3 is 0 Å². The van der Waals surface area contributed by atoms with Gasteiger partial charge in [-0.25, -0.2) is 17.6 Å². The highest BCUT2D eigenvalue weighted by atomic mass is 79.9. The molecular weight excluding hydrogens is 294 g/mol. The van der Waals surface area contributed by atoms with Gasteiger partial charge in [0.1, 0.15) is 0 Å². The van der Waals surface area contributed by atoms with Gasteiger partial charge in [-0.15, -0.1) is 0 Å². The number of hydrogen-bond donors (Lipinski definition) is 1. The van der Waals surface area contributed by atoms with E-state index in [0.717, 1.165) is 12.1 Å². The van der Waals surface area contributed by atoms with Gasteiger partial charge in [-0.1, -0.05) is 15.9 Å². The number of carbonyl (C=O) groups is 1. The van der Waals surface area contributed by atoms with Crippen molar-refractivity contribution in [2.75, 3.05) is 6.54 Å². The van der Waals surface area contributed by atoms with Crippen LogP contribution in [0, 0.1) is 11.6 Å². The van der Waals surface area contributed by atoms with E-state index in [1.54, 1.807) is 5.32 Å². The molecular formula is C9H6BrF4NO. The molecule has 0 atom stereocenters. The first-order valence-corrected chi connectivity index (χ1v) is 4.92. The summed E-state index contributed by atoms with van der Waals surface area (Å²) >= 11 is 2.86. The molecule has 7 heteroatoms. The molecule has 0 aromatic heterocycles. The van der Waals surface area contributed by atoms with Crippen molar-refractivity contribution < 1.29 is 22.4 Å². The maximum absolute atomic E-state index is 13.1. The number of amides is 1. The number of carbonyl (C=O) groups excluding carboxylic acids is 1. The second kappa shape index (κ2) is 5.29. The summed E-state index contributed by atoms with van der Waals surface area (Å²) < 4.78 is 49.7. The Balaban J connectivity index is 2.91. The van der Waals surface area contributed by atoms with Crippen LogP contribution >= 0.6 is 15.9 Å². The van der Waals surface area contributed by atoms with E-state index in [2.05, 4.69) is 15.9 Å². The van der Waals surface area contributed by atoms with E-state index in [9.17, 15) is 22.4 Å². The summed E-state index contributed by atoms with van der Waals surface area (Å²) in [6.07, 6.45) is -2.75. The Hall–Kier alpha value is -1.11. The molecule has 0 fully saturated rings. The molecule has 88 valence electrons. The van der Waals surface area contributed by atoms with E-state index in [1.165, 1.54) is 0 Å². The molecule has 2 nitrogen and oxygen atoms in total. The van der Waals surface area contributed by atoms with Crippen LogP contribution in [0.1, 0.15) is 10.4 Å². The van der Waals surface area contributed by atoms with E-state index < -0.39 is 36.1 Å². The topological polar surface area (TPSA) is 29.1 Å². The van der Waals surface area contributed by atoms with E-state index in [-0.39, 0.29) is 4.47 Å². The summed E-state index contributed by atoms with van der Waals surface area (Å²) in [7, 11) is 0. The molecule has 0 aliphatic heterocycles. The molecule has 1 aromatic rings. The van der Waals surface area contributed by atoms with Gasteiger partial charge in [-0.2, -0.15) is 0 Å². The van der Waals surface area contributed by atoms with Crippen LogP contribution < -0.4 is 5.32 Å².